The van der Waals surface area contributed by atoms with Gasteiger partial charge in [0.05, 0.1) is 5.56 Å². The first kappa shape index (κ1) is 10.8. The van der Waals surface area contributed by atoms with Crippen LogP contribution < -0.4 is 5.73 Å². The molecule has 1 heterocycles. The number of anilines is 1. The Morgan fingerprint density at radius 1 is 1.25 bits per heavy atom. The van der Waals surface area contributed by atoms with Gasteiger partial charge in [0, 0.05) is 16.8 Å². The number of nitrogens with zero attached hydrogens (tertiary/aromatic N) is 2. The van der Waals surface area contributed by atoms with Crippen LogP contribution in [0.1, 0.15) is 5.69 Å². The first-order chi connectivity index (χ1) is 7.56. The van der Waals surface area contributed by atoms with E-state index in [4.69, 9.17) is 17.3 Å². The number of nitrogen functional groups attached to an aromatic ring is 1. The van der Waals surface area contributed by atoms with E-state index in [1.807, 2.05) is 0 Å². The van der Waals surface area contributed by atoms with Crippen molar-refractivity contribution in [3.05, 3.63) is 40.8 Å². The third-order valence-electron chi connectivity index (χ3n) is 2.05. The number of benzene rings is 1. The molecular formula is C11H9ClFN3. The highest BCUT2D eigenvalue weighted by Crippen LogP contribution is 2.23. The monoisotopic (exact) mass is 237 g/mol. The van der Waals surface area contributed by atoms with Crippen LogP contribution in [0.4, 0.5) is 10.2 Å². The summed E-state index contributed by atoms with van der Waals surface area (Å²) in [5.41, 5.74) is 6.56. The molecule has 2 N–H and O–H groups in total. The van der Waals surface area contributed by atoms with Crippen molar-refractivity contribution in [1.82, 2.24) is 9.97 Å². The second-order valence-corrected chi connectivity index (χ2v) is 3.82. The van der Waals surface area contributed by atoms with Crippen molar-refractivity contribution >= 4 is 17.4 Å². The Bertz CT molecular complexity index is 522. The van der Waals surface area contributed by atoms with Crippen LogP contribution in [0.15, 0.2) is 24.3 Å². The van der Waals surface area contributed by atoms with Crippen LogP contribution in [0.25, 0.3) is 11.4 Å². The van der Waals surface area contributed by atoms with Gasteiger partial charge in [-0.15, -0.1) is 0 Å². The van der Waals surface area contributed by atoms with Crippen molar-refractivity contribution in [1.29, 1.82) is 0 Å². The Hall–Kier alpha value is -1.68. The molecule has 0 aliphatic carbocycles. The van der Waals surface area contributed by atoms with Gasteiger partial charge in [0.25, 0.3) is 0 Å². The van der Waals surface area contributed by atoms with Crippen LogP contribution in [0.5, 0.6) is 0 Å². The summed E-state index contributed by atoms with van der Waals surface area (Å²) < 4.78 is 13.6. The maximum Gasteiger partial charge on any atom is 0.164 e. The summed E-state index contributed by atoms with van der Waals surface area (Å²) in [6, 6.07) is 5.96. The molecule has 0 amide bonds. The quantitative estimate of drug-likeness (QED) is 0.830. The van der Waals surface area contributed by atoms with Gasteiger partial charge in [-0.3, -0.25) is 0 Å². The van der Waals surface area contributed by atoms with Crippen LogP contribution in [0.3, 0.4) is 0 Å². The number of aryl methyl sites for hydroxylation is 1. The van der Waals surface area contributed by atoms with Gasteiger partial charge in [-0.1, -0.05) is 11.6 Å². The molecule has 0 unspecified atom stereocenters. The topological polar surface area (TPSA) is 51.8 Å². The van der Waals surface area contributed by atoms with Gasteiger partial charge in [0.15, 0.2) is 5.82 Å². The number of halogens is 2. The summed E-state index contributed by atoms with van der Waals surface area (Å²) >= 11 is 5.66. The van der Waals surface area contributed by atoms with Crippen molar-refractivity contribution in [3.8, 4) is 11.4 Å². The average molecular weight is 238 g/mol. The lowest BCUT2D eigenvalue weighted by Gasteiger charge is -2.04. The van der Waals surface area contributed by atoms with Crippen LogP contribution in [-0.2, 0) is 0 Å². The summed E-state index contributed by atoms with van der Waals surface area (Å²) in [5.74, 6) is 0.126. The number of aromatic nitrogens is 2. The average Bonchev–Trinajstić information content (AvgIpc) is 2.15. The minimum absolute atomic E-state index is 0.270. The SMILES string of the molecule is Cc1cc(N)nc(-c2ccc(Cl)cc2F)n1. The lowest BCUT2D eigenvalue weighted by atomic mass is 10.2. The van der Waals surface area contributed by atoms with Gasteiger partial charge in [0.1, 0.15) is 11.6 Å². The zero-order valence-corrected chi connectivity index (χ0v) is 9.29. The van der Waals surface area contributed by atoms with Crippen LogP contribution in [0.2, 0.25) is 5.02 Å². The minimum Gasteiger partial charge on any atom is -0.384 e. The predicted molar refractivity (Wildman–Crippen MR) is 61.6 cm³/mol. The Kier molecular flexibility index (Phi) is 2.75. The molecule has 0 atom stereocenters. The second kappa shape index (κ2) is 4.06. The van der Waals surface area contributed by atoms with Crippen molar-refractivity contribution in [2.75, 3.05) is 5.73 Å². The highest BCUT2D eigenvalue weighted by molar-refractivity contribution is 6.30. The molecule has 82 valence electrons. The summed E-state index contributed by atoms with van der Waals surface area (Å²) in [7, 11) is 0. The number of rotatable bonds is 1. The normalized spacial score (nSPS) is 10.4. The highest BCUT2D eigenvalue weighted by Gasteiger charge is 2.09. The lowest BCUT2D eigenvalue weighted by Crippen LogP contribution is -1.98. The first-order valence-electron chi connectivity index (χ1n) is 4.63. The summed E-state index contributed by atoms with van der Waals surface area (Å²) in [6.07, 6.45) is 0. The molecule has 0 radical (unpaired) electrons. The standard InChI is InChI=1S/C11H9ClFN3/c1-6-4-10(14)16-11(15-6)8-3-2-7(12)5-9(8)13/h2-5H,1H3,(H2,14,15,16). The molecule has 0 bridgehead atoms. The Balaban J connectivity index is 2.58. The van der Waals surface area contributed by atoms with E-state index in [0.717, 1.165) is 0 Å². The highest BCUT2D eigenvalue weighted by atomic mass is 35.5. The molecule has 5 heteroatoms. The number of hydrogen-bond acceptors (Lipinski definition) is 3. The Morgan fingerprint density at radius 2 is 2.00 bits per heavy atom. The third kappa shape index (κ3) is 2.12. The van der Waals surface area contributed by atoms with Gasteiger partial charge in [0.2, 0.25) is 0 Å². The Labute approximate surface area is 97.1 Å². The van der Waals surface area contributed by atoms with E-state index in [0.29, 0.717) is 22.1 Å². The molecule has 0 aliphatic rings. The molecule has 0 spiro atoms. The van der Waals surface area contributed by atoms with E-state index in [-0.39, 0.29) is 5.82 Å². The molecule has 1 aromatic carbocycles. The van der Waals surface area contributed by atoms with Crippen LogP contribution in [0, 0.1) is 12.7 Å². The fraction of sp³-hybridized carbons (Fsp3) is 0.0909. The van der Waals surface area contributed by atoms with Crippen LogP contribution >= 0.6 is 11.6 Å². The van der Waals surface area contributed by atoms with Gasteiger partial charge < -0.3 is 5.73 Å². The molecular weight excluding hydrogens is 229 g/mol. The van der Waals surface area contributed by atoms with E-state index < -0.39 is 5.82 Å². The molecule has 2 aromatic rings. The number of nitrogens with two attached hydrogens (primary N) is 1. The van der Waals surface area contributed by atoms with Crippen molar-refractivity contribution in [2.24, 2.45) is 0 Å². The molecule has 0 saturated carbocycles. The molecule has 0 aliphatic heterocycles. The van der Waals surface area contributed by atoms with E-state index in [1.54, 1.807) is 19.1 Å². The molecule has 3 nitrogen and oxygen atoms in total. The minimum atomic E-state index is -0.461. The van der Waals surface area contributed by atoms with Gasteiger partial charge in [-0.2, -0.15) is 0 Å². The summed E-state index contributed by atoms with van der Waals surface area (Å²) in [4.78, 5) is 8.10. The second-order valence-electron chi connectivity index (χ2n) is 3.38. The van der Waals surface area contributed by atoms with Gasteiger partial charge >= 0.3 is 0 Å². The van der Waals surface area contributed by atoms with Crippen molar-refractivity contribution in [2.45, 2.75) is 6.92 Å². The molecule has 1 aromatic heterocycles. The molecule has 0 fully saturated rings. The summed E-state index contributed by atoms with van der Waals surface area (Å²) in [6.45, 7) is 1.77. The predicted octanol–water partition coefficient (Wildman–Crippen LogP) is 2.83. The van der Waals surface area contributed by atoms with E-state index in [1.165, 1.54) is 12.1 Å². The maximum atomic E-state index is 13.6. The summed E-state index contributed by atoms with van der Waals surface area (Å²) in [5, 5.41) is 0.335. The van der Waals surface area contributed by atoms with E-state index in [2.05, 4.69) is 9.97 Å². The molecule has 16 heavy (non-hydrogen) atoms. The fourth-order valence-electron chi connectivity index (χ4n) is 1.38. The Morgan fingerprint density at radius 3 is 2.62 bits per heavy atom. The smallest absolute Gasteiger partial charge is 0.164 e. The van der Waals surface area contributed by atoms with Crippen molar-refractivity contribution < 1.29 is 4.39 Å². The molecule has 2 rings (SSSR count). The zero-order valence-electron chi connectivity index (χ0n) is 8.54. The van der Waals surface area contributed by atoms with E-state index >= 15 is 0 Å². The lowest BCUT2D eigenvalue weighted by molar-refractivity contribution is 0.630. The third-order valence-corrected chi connectivity index (χ3v) is 2.28. The first-order valence-corrected chi connectivity index (χ1v) is 5.00. The van der Waals surface area contributed by atoms with Crippen molar-refractivity contribution in [3.63, 3.8) is 0 Å². The van der Waals surface area contributed by atoms with Gasteiger partial charge in [-0.25, -0.2) is 14.4 Å². The van der Waals surface area contributed by atoms with Crippen LogP contribution in [-0.4, -0.2) is 9.97 Å². The van der Waals surface area contributed by atoms with E-state index in [9.17, 15) is 4.39 Å². The van der Waals surface area contributed by atoms with Gasteiger partial charge in [-0.05, 0) is 25.1 Å². The largest absolute Gasteiger partial charge is 0.384 e. The molecule has 0 saturated heterocycles. The maximum absolute atomic E-state index is 13.6. The zero-order chi connectivity index (χ0) is 11.7. The number of hydrogen-bond donors (Lipinski definition) is 1. The fourth-order valence-corrected chi connectivity index (χ4v) is 1.54.